The molecule has 1 amide bonds. The van der Waals surface area contributed by atoms with E-state index in [9.17, 15) is 13.6 Å². The van der Waals surface area contributed by atoms with E-state index < -0.39 is 6.61 Å². The number of anilines is 1. The Morgan fingerprint density at radius 3 is 2.81 bits per heavy atom. The molecule has 4 heterocycles. The number of nitrogens with one attached hydrogen (secondary N) is 1. The summed E-state index contributed by atoms with van der Waals surface area (Å²) in [6, 6.07) is 8.13. The number of hydrogen-bond acceptors (Lipinski definition) is 7. The first kappa shape index (κ1) is 19.8. The molecule has 0 bridgehead atoms. The summed E-state index contributed by atoms with van der Waals surface area (Å²) in [5.41, 5.74) is 2.79. The predicted molar refractivity (Wildman–Crippen MR) is 107 cm³/mol. The van der Waals surface area contributed by atoms with Crippen LogP contribution in [0.2, 0.25) is 0 Å². The predicted octanol–water partition coefficient (Wildman–Crippen LogP) is 2.70. The number of alkyl halides is 2. The molecule has 1 N–H and O–H groups in total. The normalized spacial score (nSPS) is 15.7. The van der Waals surface area contributed by atoms with E-state index in [0.29, 0.717) is 28.5 Å². The van der Waals surface area contributed by atoms with Gasteiger partial charge in [0.15, 0.2) is 23.0 Å². The highest BCUT2D eigenvalue weighted by Crippen LogP contribution is 2.42. The van der Waals surface area contributed by atoms with E-state index in [1.54, 1.807) is 28.9 Å². The smallest absolute Gasteiger partial charge is 0.387 e. The van der Waals surface area contributed by atoms with Gasteiger partial charge in [-0.2, -0.15) is 23.1 Å². The van der Waals surface area contributed by atoms with Gasteiger partial charge in [0.2, 0.25) is 5.91 Å². The lowest BCUT2D eigenvalue weighted by molar-refractivity contribution is -0.116. The molecule has 0 saturated heterocycles. The van der Waals surface area contributed by atoms with Crippen LogP contribution in [0.15, 0.2) is 36.7 Å². The minimum absolute atomic E-state index is 0.0782. The van der Waals surface area contributed by atoms with Crippen molar-refractivity contribution in [2.45, 2.75) is 25.9 Å². The number of hydrogen-bond donors (Lipinski definition) is 1. The number of ether oxygens (including phenoxy) is 2. The van der Waals surface area contributed by atoms with Crippen molar-refractivity contribution in [1.82, 2.24) is 29.6 Å². The number of aromatic nitrogens is 6. The topological polar surface area (TPSA) is 108 Å². The van der Waals surface area contributed by atoms with Gasteiger partial charge in [-0.3, -0.25) is 4.79 Å². The van der Waals surface area contributed by atoms with Gasteiger partial charge in [0.25, 0.3) is 0 Å². The Labute approximate surface area is 179 Å². The third kappa shape index (κ3) is 3.29. The van der Waals surface area contributed by atoms with Gasteiger partial charge in [-0.25, -0.2) is 0 Å². The molecule has 0 spiro atoms. The second-order valence-corrected chi connectivity index (χ2v) is 7.18. The summed E-state index contributed by atoms with van der Waals surface area (Å²) < 4.78 is 38.2. The molecule has 1 atom stereocenters. The molecule has 1 aliphatic rings. The molecule has 164 valence electrons. The van der Waals surface area contributed by atoms with E-state index >= 15 is 0 Å². The summed E-state index contributed by atoms with van der Waals surface area (Å²) in [5.74, 6) is 0.476. The number of amides is 1. The molecule has 12 heteroatoms. The van der Waals surface area contributed by atoms with Crippen LogP contribution in [0.3, 0.4) is 0 Å². The Morgan fingerprint density at radius 2 is 2.03 bits per heavy atom. The molecule has 32 heavy (non-hydrogen) atoms. The molecule has 0 radical (unpaired) electrons. The van der Waals surface area contributed by atoms with Gasteiger partial charge in [0.1, 0.15) is 12.1 Å². The lowest BCUT2D eigenvalue weighted by Crippen LogP contribution is -2.25. The van der Waals surface area contributed by atoms with Crippen molar-refractivity contribution in [3.05, 3.63) is 53.5 Å². The second kappa shape index (κ2) is 7.55. The Balaban J connectivity index is 1.60. The lowest BCUT2D eigenvalue weighted by atomic mass is 9.85. The standard InChI is InChI=1S/C20H17F2N7O3/c1-10-18-12(11-3-4-13(32-20(21)22)14(7-11)31-2)8-17(30)24-19(18)29(26-10)16-6-5-15-25-23-9-28(15)27-16/h3-7,9,12,20H,8H2,1-2H3,(H,24,30). The number of halogens is 2. The number of benzene rings is 1. The first-order chi connectivity index (χ1) is 15.4. The van der Waals surface area contributed by atoms with E-state index in [1.165, 1.54) is 24.0 Å². The third-order valence-electron chi connectivity index (χ3n) is 5.27. The van der Waals surface area contributed by atoms with E-state index in [0.717, 1.165) is 5.56 Å². The zero-order chi connectivity index (χ0) is 22.4. The van der Waals surface area contributed by atoms with E-state index in [2.05, 4.69) is 30.4 Å². The highest BCUT2D eigenvalue weighted by atomic mass is 19.3. The minimum Gasteiger partial charge on any atom is -0.493 e. The zero-order valence-electron chi connectivity index (χ0n) is 17.0. The molecule has 3 aromatic heterocycles. The minimum atomic E-state index is -2.97. The van der Waals surface area contributed by atoms with Crippen LogP contribution in [0.25, 0.3) is 11.5 Å². The van der Waals surface area contributed by atoms with Crippen LogP contribution in [0.5, 0.6) is 11.5 Å². The van der Waals surface area contributed by atoms with Crippen molar-refractivity contribution >= 4 is 17.4 Å². The fourth-order valence-electron chi connectivity index (χ4n) is 3.92. The number of carbonyl (C=O) groups is 1. The number of aryl methyl sites for hydroxylation is 1. The van der Waals surface area contributed by atoms with Crippen LogP contribution in [-0.4, -0.2) is 49.2 Å². The van der Waals surface area contributed by atoms with Crippen LogP contribution in [0.4, 0.5) is 14.6 Å². The van der Waals surface area contributed by atoms with E-state index in [4.69, 9.17) is 4.74 Å². The summed E-state index contributed by atoms with van der Waals surface area (Å²) in [4.78, 5) is 12.6. The lowest BCUT2D eigenvalue weighted by Gasteiger charge is -2.25. The van der Waals surface area contributed by atoms with Crippen molar-refractivity contribution in [3.8, 4) is 17.3 Å². The highest BCUT2D eigenvalue weighted by molar-refractivity contribution is 5.95. The van der Waals surface area contributed by atoms with Crippen molar-refractivity contribution in [2.24, 2.45) is 0 Å². The van der Waals surface area contributed by atoms with Crippen molar-refractivity contribution in [1.29, 1.82) is 0 Å². The van der Waals surface area contributed by atoms with Gasteiger partial charge in [-0.1, -0.05) is 6.07 Å². The summed E-state index contributed by atoms with van der Waals surface area (Å²) in [5, 5.41) is 19.7. The molecular weight excluding hydrogens is 424 g/mol. The van der Waals surface area contributed by atoms with Crippen LogP contribution in [-0.2, 0) is 4.79 Å². The van der Waals surface area contributed by atoms with Gasteiger partial charge >= 0.3 is 6.61 Å². The first-order valence-corrected chi connectivity index (χ1v) is 9.64. The fraction of sp³-hybridized carbons (Fsp3) is 0.250. The molecule has 0 aliphatic carbocycles. The SMILES string of the molecule is COc1cc(C2CC(=O)Nc3c2c(C)nn3-c2ccc3nncn3n2)ccc1OC(F)F. The quantitative estimate of drug-likeness (QED) is 0.507. The Kier molecular flexibility index (Phi) is 4.68. The van der Waals surface area contributed by atoms with Gasteiger partial charge in [0, 0.05) is 17.9 Å². The second-order valence-electron chi connectivity index (χ2n) is 7.18. The molecule has 1 aromatic carbocycles. The monoisotopic (exact) mass is 441 g/mol. The first-order valence-electron chi connectivity index (χ1n) is 9.64. The van der Waals surface area contributed by atoms with Gasteiger partial charge in [0.05, 0.1) is 12.8 Å². The summed E-state index contributed by atoms with van der Waals surface area (Å²) in [6.45, 7) is -1.14. The zero-order valence-corrected chi connectivity index (χ0v) is 17.0. The van der Waals surface area contributed by atoms with Gasteiger partial charge in [-0.05, 0) is 36.8 Å². The average molecular weight is 441 g/mol. The van der Waals surface area contributed by atoms with Crippen LogP contribution >= 0.6 is 0 Å². The third-order valence-corrected chi connectivity index (χ3v) is 5.27. The number of fused-ring (bicyclic) bond motifs is 2. The van der Waals surface area contributed by atoms with Crippen molar-refractivity contribution in [3.63, 3.8) is 0 Å². The highest BCUT2D eigenvalue weighted by Gasteiger charge is 2.33. The number of nitrogens with zero attached hydrogens (tertiary/aromatic N) is 6. The molecule has 5 rings (SSSR count). The maximum atomic E-state index is 12.7. The number of rotatable bonds is 5. The Morgan fingerprint density at radius 1 is 1.19 bits per heavy atom. The van der Waals surface area contributed by atoms with E-state index in [-0.39, 0.29) is 29.7 Å². The maximum absolute atomic E-state index is 12.7. The summed E-state index contributed by atoms with van der Waals surface area (Å²) in [7, 11) is 1.37. The maximum Gasteiger partial charge on any atom is 0.387 e. The molecule has 1 unspecified atom stereocenters. The molecular formula is C20H17F2N7O3. The number of methoxy groups -OCH3 is 1. The molecule has 10 nitrogen and oxygen atoms in total. The van der Waals surface area contributed by atoms with Crippen LogP contribution < -0.4 is 14.8 Å². The summed E-state index contributed by atoms with van der Waals surface area (Å²) in [6.07, 6.45) is 1.63. The van der Waals surface area contributed by atoms with Crippen LogP contribution in [0.1, 0.15) is 29.2 Å². The van der Waals surface area contributed by atoms with Crippen molar-refractivity contribution < 1.29 is 23.0 Å². The largest absolute Gasteiger partial charge is 0.493 e. The molecule has 0 saturated carbocycles. The fourth-order valence-corrected chi connectivity index (χ4v) is 3.92. The molecule has 4 aromatic rings. The van der Waals surface area contributed by atoms with E-state index in [1.807, 2.05) is 6.92 Å². The van der Waals surface area contributed by atoms with Crippen LogP contribution in [0, 0.1) is 6.92 Å². The number of carbonyl (C=O) groups excluding carboxylic acids is 1. The average Bonchev–Trinajstić information content (AvgIpc) is 3.37. The Bertz CT molecular complexity index is 1330. The summed E-state index contributed by atoms with van der Waals surface area (Å²) >= 11 is 0. The molecule has 0 fully saturated rings. The molecule has 1 aliphatic heterocycles. The Hall–Kier alpha value is -4.09. The van der Waals surface area contributed by atoms with Crippen molar-refractivity contribution in [2.75, 3.05) is 12.4 Å². The van der Waals surface area contributed by atoms with Gasteiger partial charge < -0.3 is 14.8 Å². The van der Waals surface area contributed by atoms with Gasteiger partial charge in [-0.15, -0.1) is 15.3 Å².